The number of rotatable bonds is 4. The zero-order valence-electron chi connectivity index (χ0n) is 9.59. The minimum Gasteiger partial charge on any atom is -0.486 e. The van der Waals surface area contributed by atoms with E-state index >= 15 is 0 Å². The van der Waals surface area contributed by atoms with Crippen LogP contribution in [0, 0.1) is 0 Å². The van der Waals surface area contributed by atoms with Gasteiger partial charge in [0, 0.05) is 17.5 Å². The molecule has 0 spiro atoms. The molecule has 0 unspecified atom stereocenters. The number of ether oxygens (including phenoxy) is 1. The van der Waals surface area contributed by atoms with Gasteiger partial charge < -0.3 is 10.1 Å². The lowest BCUT2D eigenvalue weighted by Gasteiger charge is -2.22. The molecular formula is C12H18BrNOS. The molecule has 0 atom stereocenters. The summed E-state index contributed by atoms with van der Waals surface area (Å²) in [6, 6.07) is 2.87. The zero-order valence-corrected chi connectivity index (χ0v) is 12.0. The first kappa shape index (κ1) is 12.4. The van der Waals surface area contributed by atoms with E-state index in [0.717, 1.165) is 22.1 Å². The van der Waals surface area contributed by atoms with Crippen LogP contribution in [0.3, 0.4) is 0 Å². The van der Waals surface area contributed by atoms with Gasteiger partial charge in [-0.25, -0.2) is 0 Å². The van der Waals surface area contributed by atoms with E-state index in [4.69, 9.17) is 4.74 Å². The fraction of sp³-hybridized carbons (Fsp3) is 0.667. The van der Waals surface area contributed by atoms with Gasteiger partial charge in [-0.1, -0.05) is 19.3 Å². The molecule has 1 aromatic rings. The van der Waals surface area contributed by atoms with Crippen LogP contribution >= 0.6 is 27.3 Å². The van der Waals surface area contributed by atoms with Crippen molar-refractivity contribution in [3.8, 4) is 5.06 Å². The van der Waals surface area contributed by atoms with Gasteiger partial charge >= 0.3 is 0 Å². The summed E-state index contributed by atoms with van der Waals surface area (Å²) in [6.07, 6.45) is 6.86. The van der Waals surface area contributed by atoms with E-state index in [1.807, 2.05) is 0 Å². The summed E-state index contributed by atoms with van der Waals surface area (Å²) >= 11 is 5.22. The maximum Gasteiger partial charge on any atom is 0.188 e. The van der Waals surface area contributed by atoms with Gasteiger partial charge in [-0.05, 0) is 34.8 Å². The van der Waals surface area contributed by atoms with Gasteiger partial charge in [-0.15, -0.1) is 11.3 Å². The average molecular weight is 304 g/mol. The first-order valence-electron chi connectivity index (χ1n) is 5.85. The van der Waals surface area contributed by atoms with Crippen LogP contribution in [0.2, 0.25) is 0 Å². The lowest BCUT2D eigenvalue weighted by Crippen LogP contribution is -2.30. The predicted molar refractivity (Wildman–Crippen MR) is 72.3 cm³/mol. The molecule has 1 aliphatic carbocycles. The molecule has 2 rings (SSSR count). The van der Waals surface area contributed by atoms with Gasteiger partial charge in [-0.2, -0.15) is 0 Å². The van der Waals surface area contributed by atoms with E-state index in [-0.39, 0.29) is 0 Å². The highest BCUT2D eigenvalue weighted by Gasteiger charge is 2.13. The molecule has 0 bridgehead atoms. The maximum atomic E-state index is 5.26. The van der Waals surface area contributed by atoms with Gasteiger partial charge in [0.1, 0.15) is 0 Å². The van der Waals surface area contributed by atoms with Gasteiger partial charge in [0.2, 0.25) is 0 Å². The number of hydrogen-bond acceptors (Lipinski definition) is 3. The van der Waals surface area contributed by atoms with Gasteiger partial charge in [0.15, 0.2) is 5.06 Å². The minimum atomic E-state index is 0.723. The van der Waals surface area contributed by atoms with Crippen molar-refractivity contribution in [2.45, 2.75) is 44.7 Å². The fourth-order valence-electron chi connectivity index (χ4n) is 2.18. The molecule has 1 aromatic heterocycles. The number of hydrogen-bond donors (Lipinski definition) is 1. The van der Waals surface area contributed by atoms with Crippen LogP contribution in [0.5, 0.6) is 5.06 Å². The van der Waals surface area contributed by atoms with E-state index in [0.29, 0.717) is 0 Å². The highest BCUT2D eigenvalue weighted by atomic mass is 79.9. The first-order valence-corrected chi connectivity index (χ1v) is 7.46. The topological polar surface area (TPSA) is 21.3 Å². The third-order valence-corrected chi connectivity index (χ3v) is 5.01. The molecule has 1 fully saturated rings. The van der Waals surface area contributed by atoms with Crippen LogP contribution in [-0.4, -0.2) is 13.2 Å². The fourth-order valence-corrected chi connectivity index (χ4v) is 3.82. The predicted octanol–water partition coefficient (Wildman–Crippen LogP) is 3.94. The van der Waals surface area contributed by atoms with Gasteiger partial charge in [0.05, 0.1) is 11.6 Å². The molecule has 0 saturated heterocycles. The number of halogens is 1. The molecule has 1 N–H and O–H groups in total. The van der Waals surface area contributed by atoms with Crippen LogP contribution in [0.15, 0.2) is 10.5 Å². The van der Waals surface area contributed by atoms with Crippen molar-refractivity contribution < 1.29 is 4.74 Å². The van der Waals surface area contributed by atoms with Crippen LogP contribution in [0.25, 0.3) is 0 Å². The van der Waals surface area contributed by atoms with Crippen molar-refractivity contribution in [2.24, 2.45) is 0 Å². The van der Waals surface area contributed by atoms with Crippen LogP contribution < -0.4 is 10.1 Å². The molecule has 90 valence electrons. The van der Waals surface area contributed by atoms with E-state index < -0.39 is 0 Å². The monoisotopic (exact) mass is 303 g/mol. The molecule has 4 heteroatoms. The normalized spacial score (nSPS) is 17.6. The quantitative estimate of drug-likeness (QED) is 0.909. The number of nitrogens with one attached hydrogen (secondary N) is 1. The van der Waals surface area contributed by atoms with E-state index in [9.17, 15) is 0 Å². The highest BCUT2D eigenvalue weighted by molar-refractivity contribution is 9.10. The first-order chi connectivity index (χ1) is 7.79. The minimum absolute atomic E-state index is 0.723. The molecule has 2 nitrogen and oxygen atoms in total. The van der Waals surface area contributed by atoms with Crippen molar-refractivity contribution in [3.63, 3.8) is 0 Å². The Bertz CT molecular complexity index is 334. The van der Waals surface area contributed by atoms with Crippen molar-refractivity contribution in [1.82, 2.24) is 5.32 Å². The molecule has 1 heterocycles. The standard InChI is InChI=1S/C12H18BrNOS/c1-15-12-11(13)7-10(16-12)8-14-9-5-3-2-4-6-9/h7,9,14H,2-6,8H2,1H3. The van der Waals surface area contributed by atoms with E-state index in [1.165, 1.54) is 37.0 Å². The molecule has 16 heavy (non-hydrogen) atoms. The highest BCUT2D eigenvalue weighted by Crippen LogP contribution is 2.34. The lowest BCUT2D eigenvalue weighted by atomic mass is 9.95. The number of methoxy groups -OCH3 is 1. The third-order valence-electron chi connectivity index (χ3n) is 3.06. The SMILES string of the molecule is COc1sc(CNC2CCCCC2)cc1Br. The smallest absolute Gasteiger partial charge is 0.188 e. The average Bonchev–Trinajstić information content (AvgIpc) is 2.69. The zero-order chi connectivity index (χ0) is 11.4. The molecule has 0 amide bonds. The largest absolute Gasteiger partial charge is 0.486 e. The molecule has 1 saturated carbocycles. The summed E-state index contributed by atoms with van der Waals surface area (Å²) in [5.74, 6) is 0. The summed E-state index contributed by atoms with van der Waals surface area (Å²) in [5.41, 5.74) is 0. The molecule has 0 aromatic carbocycles. The summed E-state index contributed by atoms with van der Waals surface area (Å²) in [7, 11) is 1.72. The number of thiophene rings is 1. The van der Waals surface area contributed by atoms with E-state index in [1.54, 1.807) is 18.4 Å². The Hall–Kier alpha value is -0.0600. The maximum absolute atomic E-state index is 5.26. The van der Waals surface area contributed by atoms with Crippen LogP contribution in [0.1, 0.15) is 37.0 Å². The van der Waals surface area contributed by atoms with Crippen molar-refractivity contribution >= 4 is 27.3 Å². The second-order valence-corrected chi connectivity index (χ2v) is 6.22. The molecule has 0 radical (unpaired) electrons. The Labute approximate surface area is 110 Å². The molecular weight excluding hydrogens is 286 g/mol. The van der Waals surface area contributed by atoms with Crippen LogP contribution in [-0.2, 0) is 6.54 Å². The van der Waals surface area contributed by atoms with Crippen LogP contribution in [0.4, 0.5) is 0 Å². The summed E-state index contributed by atoms with van der Waals surface area (Å²) in [4.78, 5) is 1.34. The van der Waals surface area contributed by atoms with Gasteiger partial charge in [-0.3, -0.25) is 0 Å². The molecule has 1 aliphatic rings. The third kappa shape index (κ3) is 3.22. The van der Waals surface area contributed by atoms with Crippen molar-refractivity contribution in [2.75, 3.05) is 7.11 Å². The second kappa shape index (κ2) is 6.03. The van der Waals surface area contributed by atoms with Crippen molar-refractivity contribution in [3.05, 3.63) is 15.4 Å². The summed E-state index contributed by atoms with van der Waals surface area (Å²) in [5, 5.41) is 4.61. The Balaban J connectivity index is 1.83. The summed E-state index contributed by atoms with van der Waals surface area (Å²) in [6.45, 7) is 0.970. The lowest BCUT2D eigenvalue weighted by molar-refractivity contribution is 0.373. The Morgan fingerprint density at radius 2 is 2.19 bits per heavy atom. The Morgan fingerprint density at radius 1 is 1.44 bits per heavy atom. The van der Waals surface area contributed by atoms with Crippen molar-refractivity contribution in [1.29, 1.82) is 0 Å². The Kier molecular flexibility index (Phi) is 4.67. The molecule has 0 aliphatic heterocycles. The Morgan fingerprint density at radius 3 is 2.81 bits per heavy atom. The van der Waals surface area contributed by atoms with Gasteiger partial charge in [0.25, 0.3) is 0 Å². The summed E-state index contributed by atoms with van der Waals surface area (Å²) < 4.78 is 6.33. The van der Waals surface area contributed by atoms with E-state index in [2.05, 4.69) is 27.3 Å². The second-order valence-electron chi connectivity index (χ2n) is 4.27.